The molecule has 28 heavy (non-hydrogen) atoms. The third-order valence-corrected chi connectivity index (χ3v) is 6.30. The zero-order valence-electron chi connectivity index (χ0n) is 16.1. The number of nitrogens with zero attached hydrogens (tertiary/aromatic N) is 5. The van der Waals surface area contributed by atoms with Gasteiger partial charge in [0, 0.05) is 50.4 Å². The molecule has 3 fully saturated rings. The van der Waals surface area contributed by atoms with E-state index in [4.69, 9.17) is 9.26 Å². The maximum Gasteiger partial charge on any atom is 0.276 e. The van der Waals surface area contributed by atoms with Crippen LogP contribution in [0.2, 0.25) is 0 Å². The second kappa shape index (κ2) is 6.93. The molecule has 2 aromatic rings. The summed E-state index contributed by atoms with van der Waals surface area (Å²) in [4.78, 5) is 25.9. The predicted octanol–water partition coefficient (Wildman–Crippen LogP) is 1.76. The molecule has 3 aliphatic rings. The smallest absolute Gasteiger partial charge is 0.276 e. The number of hydrogen-bond donors (Lipinski definition) is 0. The molecule has 0 unspecified atom stereocenters. The molecule has 0 N–H and O–H groups in total. The van der Waals surface area contributed by atoms with E-state index in [0.29, 0.717) is 36.5 Å². The van der Waals surface area contributed by atoms with Crippen LogP contribution < -0.4 is 0 Å². The van der Waals surface area contributed by atoms with Crippen LogP contribution in [0.1, 0.15) is 31.1 Å². The average molecular weight is 383 g/mol. The molecule has 5 heterocycles. The van der Waals surface area contributed by atoms with Crippen LogP contribution >= 0.6 is 0 Å². The van der Waals surface area contributed by atoms with Crippen LogP contribution in [0.25, 0.3) is 11.6 Å². The number of carbonyl (C=O) groups excluding carboxylic acids is 1. The zero-order valence-corrected chi connectivity index (χ0v) is 16.1. The minimum absolute atomic E-state index is 0.113. The van der Waals surface area contributed by atoms with E-state index in [1.807, 2.05) is 23.1 Å². The van der Waals surface area contributed by atoms with E-state index >= 15 is 0 Å². The summed E-state index contributed by atoms with van der Waals surface area (Å²) in [6.45, 7) is 4.01. The minimum Gasteiger partial charge on any atom is -0.381 e. The van der Waals surface area contributed by atoms with Crippen molar-refractivity contribution < 1.29 is 14.1 Å². The first-order chi connectivity index (χ1) is 13.6. The molecule has 3 aliphatic heterocycles. The van der Waals surface area contributed by atoms with Crippen LogP contribution in [0.5, 0.6) is 0 Å². The van der Waals surface area contributed by atoms with Crippen LogP contribution in [0.15, 0.2) is 28.9 Å². The van der Waals surface area contributed by atoms with Gasteiger partial charge in [-0.2, -0.15) is 4.98 Å². The van der Waals surface area contributed by atoms with Crippen molar-refractivity contribution in [2.75, 3.05) is 39.9 Å². The predicted molar refractivity (Wildman–Crippen MR) is 100 cm³/mol. The van der Waals surface area contributed by atoms with Gasteiger partial charge < -0.3 is 14.2 Å². The van der Waals surface area contributed by atoms with Gasteiger partial charge in [0.25, 0.3) is 5.89 Å². The number of aromatic nitrogens is 3. The first-order valence-electron chi connectivity index (χ1n) is 9.95. The van der Waals surface area contributed by atoms with Crippen molar-refractivity contribution in [1.29, 1.82) is 0 Å². The number of amides is 1. The van der Waals surface area contributed by atoms with E-state index in [1.165, 1.54) is 0 Å². The van der Waals surface area contributed by atoms with Crippen LogP contribution in [-0.2, 0) is 9.53 Å². The third-order valence-electron chi connectivity index (χ3n) is 6.30. The Labute approximate surface area is 163 Å². The van der Waals surface area contributed by atoms with Gasteiger partial charge in [-0.1, -0.05) is 11.2 Å². The van der Waals surface area contributed by atoms with Gasteiger partial charge in [0.2, 0.25) is 5.91 Å². The van der Waals surface area contributed by atoms with E-state index in [0.717, 1.165) is 38.9 Å². The van der Waals surface area contributed by atoms with Crippen molar-refractivity contribution >= 4 is 5.91 Å². The van der Waals surface area contributed by atoms with E-state index in [9.17, 15) is 4.79 Å². The molecular weight excluding hydrogens is 358 g/mol. The van der Waals surface area contributed by atoms with Gasteiger partial charge in [-0.15, -0.1) is 0 Å². The lowest BCUT2D eigenvalue weighted by Crippen LogP contribution is -2.60. The van der Waals surface area contributed by atoms with Crippen molar-refractivity contribution in [3.05, 3.63) is 30.2 Å². The molecule has 1 spiro atoms. The fourth-order valence-corrected chi connectivity index (χ4v) is 4.87. The molecule has 0 bridgehead atoms. The second-order valence-corrected chi connectivity index (χ2v) is 8.39. The Morgan fingerprint density at radius 2 is 2.04 bits per heavy atom. The summed E-state index contributed by atoms with van der Waals surface area (Å²) < 4.78 is 10.8. The van der Waals surface area contributed by atoms with E-state index in [1.54, 1.807) is 6.20 Å². The molecule has 0 saturated carbocycles. The number of rotatable bonds is 3. The van der Waals surface area contributed by atoms with E-state index in [2.05, 4.69) is 27.1 Å². The second-order valence-electron chi connectivity index (χ2n) is 8.39. The van der Waals surface area contributed by atoms with Crippen molar-refractivity contribution in [3.8, 4) is 11.6 Å². The minimum atomic E-state index is 0.113. The van der Waals surface area contributed by atoms with Crippen LogP contribution in [0.3, 0.4) is 0 Å². The summed E-state index contributed by atoms with van der Waals surface area (Å²) in [5, 5.41) is 4.21. The van der Waals surface area contributed by atoms with Gasteiger partial charge in [0.1, 0.15) is 5.69 Å². The normalized spacial score (nSPS) is 25.2. The molecule has 8 heteroatoms. The highest BCUT2D eigenvalue weighted by atomic mass is 16.5. The highest BCUT2D eigenvalue weighted by Crippen LogP contribution is 2.47. The molecule has 8 nitrogen and oxygen atoms in total. The van der Waals surface area contributed by atoms with Gasteiger partial charge in [-0.3, -0.25) is 14.7 Å². The zero-order chi connectivity index (χ0) is 19.1. The molecule has 3 saturated heterocycles. The molecule has 1 atom stereocenters. The fraction of sp³-hybridized carbons (Fsp3) is 0.600. The number of likely N-dealkylation sites (tertiary alicyclic amines) is 2. The van der Waals surface area contributed by atoms with Gasteiger partial charge in [-0.25, -0.2) is 0 Å². The van der Waals surface area contributed by atoms with Crippen LogP contribution in [-0.4, -0.2) is 70.7 Å². The van der Waals surface area contributed by atoms with Gasteiger partial charge in [0.05, 0.1) is 6.04 Å². The van der Waals surface area contributed by atoms with E-state index < -0.39 is 0 Å². The molecule has 2 aromatic heterocycles. The van der Waals surface area contributed by atoms with Crippen molar-refractivity contribution in [1.82, 2.24) is 24.9 Å². The summed E-state index contributed by atoms with van der Waals surface area (Å²) in [6.07, 6.45) is 4.37. The standard InChI is InChI=1S/C20H25N5O3/c1-24-11-20(12-25(13-20)19(26)14-5-8-27-9-6-14)10-16(24)17-22-18(28-23-17)15-4-2-3-7-21-15/h2-4,7,14,16H,5-6,8-13H2,1H3/t16-/m0/s1. The van der Waals surface area contributed by atoms with Gasteiger partial charge in [0.15, 0.2) is 5.82 Å². The molecule has 5 rings (SSSR count). The summed E-state index contributed by atoms with van der Waals surface area (Å²) in [7, 11) is 2.10. The first-order valence-corrected chi connectivity index (χ1v) is 9.95. The maximum atomic E-state index is 12.7. The number of hydrogen-bond acceptors (Lipinski definition) is 7. The molecule has 1 amide bonds. The molecule has 148 valence electrons. The summed E-state index contributed by atoms with van der Waals surface area (Å²) in [5.74, 6) is 1.60. The number of carbonyl (C=O) groups is 1. The highest BCUT2D eigenvalue weighted by Gasteiger charge is 2.53. The summed E-state index contributed by atoms with van der Waals surface area (Å²) in [5.41, 5.74) is 0.833. The van der Waals surface area contributed by atoms with Gasteiger partial charge in [-0.05, 0) is 38.4 Å². The Hall–Kier alpha value is -2.32. The third kappa shape index (κ3) is 3.10. The number of pyridine rings is 1. The fourth-order valence-electron chi connectivity index (χ4n) is 4.87. The summed E-state index contributed by atoms with van der Waals surface area (Å²) >= 11 is 0. The SMILES string of the molecule is CN1CC2(C[C@H]1c1noc(-c3ccccn3)n1)CN(C(=O)C1CCOCC1)C2. The Morgan fingerprint density at radius 3 is 2.79 bits per heavy atom. The lowest BCUT2D eigenvalue weighted by molar-refractivity contribution is -0.150. The largest absolute Gasteiger partial charge is 0.381 e. The van der Waals surface area contributed by atoms with Crippen molar-refractivity contribution in [2.24, 2.45) is 11.3 Å². The monoisotopic (exact) mass is 383 g/mol. The lowest BCUT2D eigenvalue weighted by atomic mass is 9.76. The quantitative estimate of drug-likeness (QED) is 0.798. The Morgan fingerprint density at radius 1 is 1.21 bits per heavy atom. The van der Waals surface area contributed by atoms with Gasteiger partial charge >= 0.3 is 0 Å². The first kappa shape index (κ1) is 17.8. The molecule has 0 aliphatic carbocycles. The highest BCUT2D eigenvalue weighted by molar-refractivity contribution is 5.80. The topological polar surface area (TPSA) is 84.6 Å². The molecule has 0 radical (unpaired) electrons. The van der Waals surface area contributed by atoms with Crippen LogP contribution in [0, 0.1) is 11.3 Å². The average Bonchev–Trinajstić information content (AvgIpc) is 3.32. The summed E-state index contributed by atoms with van der Waals surface area (Å²) in [6, 6.07) is 5.74. The maximum absolute atomic E-state index is 12.7. The van der Waals surface area contributed by atoms with Crippen molar-refractivity contribution in [2.45, 2.75) is 25.3 Å². The van der Waals surface area contributed by atoms with Crippen molar-refractivity contribution in [3.63, 3.8) is 0 Å². The lowest BCUT2D eigenvalue weighted by Gasteiger charge is -2.49. The van der Waals surface area contributed by atoms with Crippen LogP contribution in [0.4, 0.5) is 0 Å². The Bertz CT molecular complexity index is 843. The molecular formula is C20H25N5O3. The number of ether oxygens (including phenoxy) is 1. The van der Waals surface area contributed by atoms with E-state index in [-0.39, 0.29) is 17.4 Å². The molecule has 0 aromatic carbocycles. The Balaban J connectivity index is 1.24. The Kier molecular flexibility index (Phi) is 4.40.